The maximum atomic E-state index is 13.2. The second kappa shape index (κ2) is 10.2. The van der Waals surface area contributed by atoms with Crippen molar-refractivity contribution in [2.45, 2.75) is 19.9 Å². The lowest BCUT2D eigenvalue weighted by Crippen LogP contribution is -2.42. The monoisotopic (exact) mass is 480 g/mol. The van der Waals surface area contributed by atoms with Gasteiger partial charge in [-0.15, -0.1) is 0 Å². The number of carbonyl (C=O) groups is 1. The summed E-state index contributed by atoms with van der Waals surface area (Å²) < 4.78 is 38.2. The number of ether oxygens (including phenoxy) is 2. The SMILES string of the molecule is CCS(=O)(=O)N(CC(=O)NC(c1ccccc1)c1ccc(C)cc1)c1ccc2c(c1)OCCO2. The normalized spacial score (nSPS) is 13.7. The van der Waals surface area contributed by atoms with E-state index in [1.54, 1.807) is 25.1 Å². The summed E-state index contributed by atoms with van der Waals surface area (Å²) in [5, 5.41) is 3.03. The van der Waals surface area contributed by atoms with E-state index in [-0.39, 0.29) is 12.3 Å². The summed E-state index contributed by atoms with van der Waals surface area (Å²) >= 11 is 0. The van der Waals surface area contributed by atoms with Crippen molar-refractivity contribution in [1.82, 2.24) is 5.32 Å². The molecule has 1 aliphatic rings. The molecule has 8 heteroatoms. The molecule has 1 atom stereocenters. The molecule has 0 bridgehead atoms. The highest BCUT2D eigenvalue weighted by Gasteiger charge is 2.27. The molecular formula is C26H28N2O5S. The molecule has 7 nitrogen and oxygen atoms in total. The van der Waals surface area contributed by atoms with Gasteiger partial charge in [0.1, 0.15) is 19.8 Å². The van der Waals surface area contributed by atoms with Gasteiger partial charge in [0.2, 0.25) is 15.9 Å². The number of nitrogens with zero attached hydrogens (tertiary/aromatic N) is 1. The summed E-state index contributed by atoms with van der Waals surface area (Å²) in [6, 6.07) is 22.0. The molecule has 0 radical (unpaired) electrons. The van der Waals surface area contributed by atoms with Crippen LogP contribution in [-0.4, -0.2) is 39.8 Å². The summed E-state index contributed by atoms with van der Waals surface area (Å²) in [5.74, 6) is 0.454. The zero-order chi connectivity index (χ0) is 24.1. The van der Waals surface area contributed by atoms with Gasteiger partial charge in [-0.1, -0.05) is 60.2 Å². The topological polar surface area (TPSA) is 84.9 Å². The van der Waals surface area contributed by atoms with Gasteiger partial charge in [-0.2, -0.15) is 0 Å². The van der Waals surface area contributed by atoms with E-state index in [1.165, 1.54) is 0 Å². The van der Waals surface area contributed by atoms with E-state index in [1.807, 2.05) is 61.5 Å². The quantitative estimate of drug-likeness (QED) is 0.530. The maximum Gasteiger partial charge on any atom is 0.241 e. The highest BCUT2D eigenvalue weighted by atomic mass is 32.2. The molecule has 0 saturated carbocycles. The minimum absolute atomic E-state index is 0.144. The minimum atomic E-state index is -3.73. The van der Waals surface area contributed by atoms with Crippen molar-refractivity contribution < 1.29 is 22.7 Å². The molecule has 3 aromatic carbocycles. The van der Waals surface area contributed by atoms with Crippen LogP contribution in [0, 0.1) is 6.92 Å². The number of sulfonamides is 1. The number of benzene rings is 3. The number of anilines is 1. The molecule has 0 spiro atoms. The first-order valence-corrected chi connectivity index (χ1v) is 12.8. The Morgan fingerprint density at radius 1 is 0.941 bits per heavy atom. The molecule has 0 fully saturated rings. The third kappa shape index (κ3) is 5.34. The molecule has 1 N–H and O–H groups in total. The number of hydrogen-bond acceptors (Lipinski definition) is 5. The number of fused-ring (bicyclic) bond motifs is 1. The molecule has 0 saturated heterocycles. The lowest BCUT2D eigenvalue weighted by molar-refractivity contribution is -0.120. The largest absolute Gasteiger partial charge is 0.486 e. The van der Waals surface area contributed by atoms with Gasteiger partial charge in [0.05, 0.1) is 17.5 Å². The van der Waals surface area contributed by atoms with Crippen LogP contribution in [0.25, 0.3) is 0 Å². The first-order valence-electron chi connectivity index (χ1n) is 11.2. The van der Waals surface area contributed by atoms with E-state index in [9.17, 15) is 13.2 Å². The summed E-state index contributed by atoms with van der Waals surface area (Å²) in [6.45, 7) is 4.02. The van der Waals surface area contributed by atoms with Crippen LogP contribution >= 0.6 is 0 Å². The van der Waals surface area contributed by atoms with Crippen molar-refractivity contribution in [3.05, 3.63) is 89.5 Å². The van der Waals surface area contributed by atoms with Crippen molar-refractivity contribution >= 4 is 21.6 Å². The molecule has 3 aromatic rings. The number of carbonyl (C=O) groups excluding carboxylic acids is 1. The first-order chi connectivity index (χ1) is 16.4. The number of nitrogens with one attached hydrogen (secondary N) is 1. The fraction of sp³-hybridized carbons (Fsp3) is 0.269. The molecule has 34 heavy (non-hydrogen) atoms. The average Bonchev–Trinajstić information content (AvgIpc) is 2.86. The highest BCUT2D eigenvalue weighted by molar-refractivity contribution is 7.92. The highest BCUT2D eigenvalue weighted by Crippen LogP contribution is 2.35. The summed E-state index contributed by atoms with van der Waals surface area (Å²) in [6.07, 6.45) is 0. The number of rotatable bonds is 8. The van der Waals surface area contributed by atoms with Crippen molar-refractivity contribution in [3.63, 3.8) is 0 Å². The van der Waals surface area contributed by atoms with Crippen LogP contribution in [0.5, 0.6) is 11.5 Å². The van der Waals surface area contributed by atoms with E-state index in [4.69, 9.17) is 9.47 Å². The Morgan fingerprint density at radius 2 is 1.59 bits per heavy atom. The fourth-order valence-electron chi connectivity index (χ4n) is 3.79. The van der Waals surface area contributed by atoms with Gasteiger partial charge in [-0.3, -0.25) is 9.10 Å². The van der Waals surface area contributed by atoms with Gasteiger partial charge in [0.25, 0.3) is 0 Å². The Balaban J connectivity index is 1.62. The molecule has 0 aromatic heterocycles. The van der Waals surface area contributed by atoms with Gasteiger partial charge in [-0.25, -0.2) is 8.42 Å². The zero-order valence-corrected chi connectivity index (χ0v) is 20.0. The molecule has 0 aliphatic carbocycles. The van der Waals surface area contributed by atoms with Crippen molar-refractivity contribution in [1.29, 1.82) is 0 Å². The molecule has 4 rings (SSSR count). The maximum absolute atomic E-state index is 13.2. The van der Waals surface area contributed by atoms with Crippen LogP contribution in [0.4, 0.5) is 5.69 Å². The van der Waals surface area contributed by atoms with Crippen LogP contribution in [0.2, 0.25) is 0 Å². The Labute approximate surface area is 200 Å². The standard InChI is InChI=1S/C26H28N2O5S/c1-3-34(30,31)28(22-13-14-23-24(17-22)33-16-15-32-23)18-25(29)27-26(20-7-5-4-6-8-20)21-11-9-19(2)10-12-21/h4-14,17,26H,3,15-16,18H2,1-2H3,(H,27,29). The van der Waals surface area contributed by atoms with Crippen LogP contribution in [0.15, 0.2) is 72.8 Å². The van der Waals surface area contributed by atoms with Gasteiger partial charge < -0.3 is 14.8 Å². The predicted molar refractivity (Wildman–Crippen MR) is 132 cm³/mol. The fourth-order valence-corrected chi connectivity index (χ4v) is 4.85. The Bertz CT molecular complexity index is 1240. The predicted octanol–water partition coefficient (Wildman–Crippen LogP) is 3.83. The summed E-state index contributed by atoms with van der Waals surface area (Å²) in [7, 11) is -3.73. The van der Waals surface area contributed by atoms with E-state index in [0.29, 0.717) is 30.4 Å². The number of aryl methyl sites for hydroxylation is 1. The third-order valence-electron chi connectivity index (χ3n) is 5.65. The van der Waals surface area contributed by atoms with Crippen LogP contribution in [0.3, 0.4) is 0 Å². The van der Waals surface area contributed by atoms with E-state index < -0.39 is 22.0 Å². The average molecular weight is 481 g/mol. The Morgan fingerprint density at radius 3 is 2.26 bits per heavy atom. The third-order valence-corrected chi connectivity index (χ3v) is 7.39. The second-order valence-electron chi connectivity index (χ2n) is 8.06. The van der Waals surface area contributed by atoms with E-state index in [0.717, 1.165) is 21.0 Å². The van der Waals surface area contributed by atoms with Crippen molar-refractivity contribution in [2.24, 2.45) is 0 Å². The first kappa shape index (κ1) is 23.6. The molecule has 1 unspecified atom stereocenters. The Hall–Kier alpha value is -3.52. The van der Waals surface area contributed by atoms with Gasteiger partial charge in [-0.05, 0) is 37.1 Å². The van der Waals surface area contributed by atoms with Crippen LogP contribution < -0.4 is 19.1 Å². The molecule has 1 amide bonds. The zero-order valence-electron chi connectivity index (χ0n) is 19.2. The van der Waals surface area contributed by atoms with Crippen LogP contribution in [0.1, 0.15) is 29.7 Å². The van der Waals surface area contributed by atoms with Crippen molar-refractivity contribution in [2.75, 3.05) is 29.8 Å². The van der Waals surface area contributed by atoms with Gasteiger partial charge in [0, 0.05) is 6.07 Å². The number of hydrogen-bond donors (Lipinski definition) is 1. The van der Waals surface area contributed by atoms with Crippen molar-refractivity contribution in [3.8, 4) is 11.5 Å². The van der Waals surface area contributed by atoms with Crippen LogP contribution in [-0.2, 0) is 14.8 Å². The molecule has 1 heterocycles. The van der Waals surface area contributed by atoms with Gasteiger partial charge >= 0.3 is 0 Å². The van der Waals surface area contributed by atoms with E-state index >= 15 is 0 Å². The molecule has 1 aliphatic heterocycles. The summed E-state index contributed by atoms with van der Waals surface area (Å²) in [4.78, 5) is 13.2. The smallest absolute Gasteiger partial charge is 0.241 e. The minimum Gasteiger partial charge on any atom is -0.486 e. The second-order valence-corrected chi connectivity index (χ2v) is 10.2. The lowest BCUT2D eigenvalue weighted by atomic mass is 9.98. The molecular weight excluding hydrogens is 452 g/mol. The molecule has 178 valence electrons. The number of amides is 1. The van der Waals surface area contributed by atoms with Gasteiger partial charge in [0.15, 0.2) is 11.5 Å². The lowest BCUT2D eigenvalue weighted by Gasteiger charge is -2.27. The van der Waals surface area contributed by atoms with E-state index in [2.05, 4.69) is 5.32 Å². The Kier molecular flexibility index (Phi) is 7.07. The summed E-state index contributed by atoms with van der Waals surface area (Å²) in [5.41, 5.74) is 3.28.